The van der Waals surface area contributed by atoms with Crippen molar-refractivity contribution < 1.29 is 22.1 Å². The summed E-state index contributed by atoms with van der Waals surface area (Å²) in [5, 5.41) is 0. The SMILES string of the molecule is Nc1c(F)cc(F)cc1C(OP)c1cc(F)cc(F)c1N. The van der Waals surface area contributed by atoms with Crippen LogP contribution in [0.3, 0.4) is 0 Å². The van der Waals surface area contributed by atoms with Gasteiger partial charge in [-0.05, 0) is 12.1 Å². The minimum Gasteiger partial charge on any atom is -0.396 e. The van der Waals surface area contributed by atoms with E-state index in [4.69, 9.17) is 16.0 Å². The number of nitrogen functional groups attached to an aromatic ring is 2. The first kappa shape index (κ1) is 15.5. The highest BCUT2D eigenvalue weighted by atomic mass is 31.0. The zero-order valence-electron chi connectivity index (χ0n) is 10.5. The molecule has 0 aromatic heterocycles. The average Bonchev–Trinajstić information content (AvgIpc) is 2.41. The molecule has 1 unspecified atom stereocenters. The van der Waals surface area contributed by atoms with Crippen molar-refractivity contribution in [2.24, 2.45) is 0 Å². The fraction of sp³-hybridized carbons (Fsp3) is 0.0769. The van der Waals surface area contributed by atoms with Crippen molar-refractivity contribution in [2.75, 3.05) is 11.5 Å². The lowest BCUT2D eigenvalue weighted by atomic mass is 9.98. The lowest BCUT2D eigenvalue weighted by Crippen LogP contribution is -2.11. The van der Waals surface area contributed by atoms with Gasteiger partial charge in [0.05, 0.1) is 11.4 Å². The molecule has 0 spiro atoms. The van der Waals surface area contributed by atoms with Crippen LogP contribution in [0.25, 0.3) is 0 Å². The molecule has 0 fully saturated rings. The van der Waals surface area contributed by atoms with Crippen molar-refractivity contribution in [3.63, 3.8) is 0 Å². The molecule has 21 heavy (non-hydrogen) atoms. The van der Waals surface area contributed by atoms with Crippen molar-refractivity contribution in [2.45, 2.75) is 6.10 Å². The number of nitrogens with two attached hydrogens (primary N) is 2. The summed E-state index contributed by atoms with van der Waals surface area (Å²) in [6.07, 6.45) is -1.25. The molecular weight excluding hydrogens is 307 g/mol. The molecule has 2 rings (SSSR count). The standard InChI is InChI=1S/C13H11F4N2OP/c14-5-1-7(11(18)9(16)3-5)13(20-21)8-2-6(15)4-10(17)12(8)19/h1-4,13H,18-19,21H2. The molecule has 0 heterocycles. The summed E-state index contributed by atoms with van der Waals surface area (Å²) in [5.74, 6) is -3.82. The summed E-state index contributed by atoms with van der Waals surface area (Å²) in [4.78, 5) is 0. The van der Waals surface area contributed by atoms with E-state index in [2.05, 4.69) is 0 Å². The molecule has 0 aliphatic carbocycles. The van der Waals surface area contributed by atoms with Crippen LogP contribution in [0.2, 0.25) is 0 Å². The van der Waals surface area contributed by atoms with Gasteiger partial charge in [-0.2, -0.15) is 0 Å². The lowest BCUT2D eigenvalue weighted by molar-refractivity contribution is 0.292. The Morgan fingerprint density at radius 1 is 0.810 bits per heavy atom. The van der Waals surface area contributed by atoms with E-state index >= 15 is 0 Å². The summed E-state index contributed by atoms with van der Waals surface area (Å²) in [6.45, 7) is 0. The molecule has 2 aromatic rings. The summed E-state index contributed by atoms with van der Waals surface area (Å²) in [6, 6.07) is 3.01. The fourth-order valence-corrected chi connectivity index (χ4v) is 2.25. The summed E-state index contributed by atoms with van der Waals surface area (Å²) < 4.78 is 58.7. The molecule has 0 amide bonds. The van der Waals surface area contributed by atoms with E-state index in [0.29, 0.717) is 12.1 Å². The molecule has 0 aliphatic rings. The molecule has 4 N–H and O–H groups in total. The molecule has 112 valence electrons. The van der Waals surface area contributed by atoms with Gasteiger partial charge in [0.2, 0.25) is 0 Å². The number of benzene rings is 2. The third-order valence-electron chi connectivity index (χ3n) is 2.95. The maximum absolute atomic E-state index is 13.5. The Bertz CT molecular complexity index is 639. The zero-order chi connectivity index (χ0) is 15.7. The Labute approximate surface area is 120 Å². The Balaban J connectivity index is 2.66. The Morgan fingerprint density at radius 2 is 1.19 bits per heavy atom. The molecule has 3 nitrogen and oxygen atoms in total. The zero-order valence-corrected chi connectivity index (χ0v) is 11.7. The van der Waals surface area contributed by atoms with Crippen LogP contribution < -0.4 is 11.5 Å². The maximum atomic E-state index is 13.5. The van der Waals surface area contributed by atoms with E-state index in [0.717, 1.165) is 12.1 Å². The van der Waals surface area contributed by atoms with Gasteiger partial charge >= 0.3 is 0 Å². The third-order valence-corrected chi connectivity index (χ3v) is 3.23. The summed E-state index contributed by atoms with van der Waals surface area (Å²) in [7, 11) is 1.85. The van der Waals surface area contributed by atoms with Crippen molar-refractivity contribution in [3.05, 3.63) is 58.7 Å². The van der Waals surface area contributed by atoms with Crippen LogP contribution in [0.4, 0.5) is 28.9 Å². The minimum atomic E-state index is -1.25. The molecule has 0 saturated heterocycles. The van der Waals surface area contributed by atoms with Crippen LogP contribution in [0.15, 0.2) is 24.3 Å². The predicted octanol–water partition coefficient (Wildman–Crippen LogP) is 3.30. The summed E-state index contributed by atoms with van der Waals surface area (Å²) >= 11 is 0. The number of hydrogen-bond donors (Lipinski definition) is 2. The first-order valence-corrected chi connectivity index (χ1v) is 6.16. The average molecular weight is 318 g/mol. The van der Waals surface area contributed by atoms with Crippen LogP contribution in [-0.2, 0) is 4.52 Å². The molecule has 2 aromatic carbocycles. The van der Waals surface area contributed by atoms with Crippen molar-refractivity contribution in [1.29, 1.82) is 0 Å². The Morgan fingerprint density at radius 3 is 1.52 bits per heavy atom. The van der Waals surface area contributed by atoms with Crippen LogP contribution >= 0.6 is 9.47 Å². The van der Waals surface area contributed by atoms with E-state index in [-0.39, 0.29) is 11.1 Å². The quantitative estimate of drug-likeness (QED) is 0.518. The van der Waals surface area contributed by atoms with Gasteiger partial charge in [0.1, 0.15) is 29.4 Å². The van der Waals surface area contributed by atoms with Gasteiger partial charge in [-0.25, -0.2) is 17.6 Å². The molecule has 0 bridgehead atoms. The van der Waals surface area contributed by atoms with Gasteiger partial charge in [-0.3, -0.25) is 0 Å². The number of hydrogen-bond acceptors (Lipinski definition) is 3. The molecule has 0 radical (unpaired) electrons. The maximum Gasteiger partial charge on any atom is 0.149 e. The van der Waals surface area contributed by atoms with Gasteiger partial charge in [0.15, 0.2) is 0 Å². The van der Waals surface area contributed by atoms with Gasteiger partial charge in [0, 0.05) is 32.7 Å². The van der Waals surface area contributed by atoms with Crippen LogP contribution in [0.5, 0.6) is 0 Å². The Hall–Kier alpha value is -1.85. The van der Waals surface area contributed by atoms with Gasteiger partial charge in [-0.1, -0.05) is 0 Å². The molecule has 8 heteroatoms. The van der Waals surface area contributed by atoms with E-state index in [9.17, 15) is 17.6 Å². The van der Waals surface area contributed by atoms with Crippen LogP contribution in [-0.4, -0.2) is 0 Å². The second kappa shape index (κ2) is 5.87. The van der Waals surface area contributed by atoms with Crippen LogP contribution in [0.1, 0.15) is 17.2 Å². The Kier molecular flexibility index (Phi) is 4.34. The molecular formula is C13H11F4N2OP. The van der Waals surface area contributed by atoms with Gasteiger partial charge < -0.3 is 16.0 Å². The smallest absolute Gasteiger partial charge is 0.149 e. The van der Waals surface area contributed by atoms with Crippen molar-refractivity contribution in [1.82, 2.24) is 0 Å². The number of halogens is 4. The van der Waals surface area contributed by atoms with Gasteiger partial charge in [-0.15, -0.1) is 0 Å². The van der Waals surface area contributed by atoms with Crippen molar-refractivity contribution >= 4 is 20.8 Å². The van der Waals surface area contributed by atoms with E-state index in [1.807, 2.05) is 9.47 Å². The number of rotatable bonds is 3. The topological polar surface area (TPSA) is 61.3 Å². The van der Waals surface area contributed by atoms with E-state index in [1.165, 1.54) is 0 Å². The minimum absolute atomic E-state index is 0.126. The monoisotopic (exact) mass is 318 g/mol. The second-order valence-corrected chi connectivity index (χ2v) is 4.57. The first-order valence-electron chi connectivity index (χ1n) is 5.69. The molecule has 1 atom stereocenters. The lowest BCUT2D eigenvalue weighted by Gasteiger charge is -2.20. The first-order chi connectivity index (χ1) is 9.85. The second-order valence-electron chi connectivity index (χ2n) is 4.30. The predicted molar refractivity (Wildman–Crippen MR) is 74.2 cm³/mol. The summed E-state index contributed by atoms with van der Waals surface area (Å²) in [5.41, 5.74) is 10.0. The highest BCUT2D eigenvalue weighted by Crippen LogP contribution is 2.37. The van der Waals surface area contributed by atoms with Gasteiger partial charge in [0.25, 0.3) is 0 Å². The molecule has 0 saturated carbocycles. The highest BCUT2D eigenvalue weighted by molar-refractivity contribution is 7.09. The fourth-order valence-electron chi connectivity index (χ4n) is 1.96. The normalized spacial score (nSPS) is 11.1. The van der Waals surface area contributed by atoms with E-state index in [1.54, 1.807) is 0 Å². The van der Waals surface area contributed by atoms with Crippen LogP contribution in [0, 0.1) is 23.3 Å². The third kappa shape index (κ3) is 2.94. The highest BCUT2D eigenvalue weighted by Gasteiger charge is 2.24. The number of anilines is 2. The van der Waals surface area contributed by atoms with E-state index < -0.39 is 40.7 Å². The molecule has 0 aliphatic heterocycles. The van der Waals surface area contributed by atoms with Crippen molar-refractivity contribution in [3.8, 4) is 0 Å². The largest absolute Gasteiger partial charge is 0.396 e.